The Balaban J connectivity index is 1.70. The molecule has 0 unspecified atom stereocenters. The van der Waals surface area contributed by atoms with Crippen LogP contribution in [0.4, 0.5) is 4.79 Å². The van der Waals surface area contributed by atoms with Crippen LogP contribution >= 0.6 is 0 Å². The van der Waals surface area contributed by atoms with Crippen molar-refractivity contribution in [1.82, 2.24) is 10.2 Å². The number of carbonyl (C=O) groups is 1. The van der Waals surface area contributed by atoms with Crippen LogP contribution in [0.3, 0.4) is 0 Å². The Morgan fingerprint density at radius 1 is 1.23 bits per heavy atom. The molecule has 1 saturated heterocycles. The van der Waals surface area contributed by atoms with Gasteiger partial charge in [-0.1, -0.05) is 33.6 Å². The summed E-state index contributed by atoms with van der Waals surface area (Å²) in [6.07, 6.45) is 6.53. The van der Waals surface area contributed by atoms with E-state index in [1.165, 1.54) is 25.7 Å². The number of ether oxygens (including phenoxy) is 1. The molecule has 0 bridgehead atoms. The van der Waals surface area contributed by atoms with E-state index in [2.05, 4.69) is 26.1 Å². The molecule has 4 heteroatoms. The number of nitrogens with one attached hydrogen (secondary N) is 1. The summed E-state index contributed by atoms with van der Waals surface area (Å²) in [4.78, 5) is 14.2. The lowest BCUT2D eigenvalue weighted by atomic mass is 9.83. The van der Waals surface area contributed by atoms with Crippen molar-refractivity contribution < 1.29 is 9.53 Å². The fourth-order valence-corrected chi connectivity index (χ4v) is 3.95. The summed E-state index contributed by atoms with van der Waals surface area (Å²) in [5.41, 5.74) is 0. The van der Waals surface area contributed by atoms with Crippen molar-refractivity contribution in [3.8, 4) is 0 Å². The van der Waals surface area contributed by atoms with E-state index in [1.54, 1.807) is 0 Å². The average Bonchev–Trinajstić information content (AvgIpc) is 2.95. The van der Waals surface area contributed by atoms with Crippen LogP contribution in [0.1, 0.15) is 52.9 Å². The molecule has 4 nitrogen and oxygen atoms in total. The first-order valence-corrected chi connectivity index (χ1v) is 9.08. The predicted molar refractivity (Wildman–Crippen MR) is 89.8 cm³/mol. The van der Waals surface area contributed by atoms with Crippen LogP contribution in [0.25, 0.3) is 0 Å². The van der Waals surface area contributed by atoms with Crippen LogP contribution in [0.5, 0.6) is 0 Å². The second kappa shape index (κ2) is 8.19. The largest absolute Gasteiger partial charge is 0.378 e. The minimum absolute atomic E-state index is 0.0769. The highest BCUT2D eigenvalue weighted by molar-refractivity contribution is 5.73. The van der Waals surface area contributed by atoms with E-state index in [9.17, 15) is 4.79 Å². The van der Waals surface area contributed by atoms with E-state index in [0.717, 1.165) is 32.0 Å². The molecule has 22 heavy (non-hydrogen) atoms. The minimum atomic E-state index is 0.0769. The highest BCUT2D eigenvalue weighted by atomic mass is 16.5. The summed E-state index contributed by atoms with van der Waals surface area (Å²) in [5.74, 6) is 2.54. The molecule has 0 aromatic carbocycles. The Bertz CT molecular complexity index is 351. The fourth-order valence-electron chi connectivity index (χ4n) is 3.95. The van der Waals surface area contributed by atoms with Gasteiger partial charge in [-0.3, -0.25) is 0 Å². The molecular formula is C18H34N2O2. The van der Waals surface area contributed by atoms with Crippen LogP contribution in [0, 0.1) is 23.7 Å². The van der Waals surface area contributed by atoms with Gasteiger partial charge in [0.2, 0.25) is 0 Å². The van der Waals surface area contributed by atoms with Crippen molar-refractivity contribution in [3.05, 3.63) is 0 Å². The standard InChI is InChI=1S/C18H34N2O2/c1-13(2)17-16(9-10-22-17)11-19-18(21)20(4)12-15-7-5-14(3)6-8-15/h13-17H,5-12H2,1-4H3,(H,19,21)/t14?,15?,16-,17-/m0/s1. The number of rotatable bonds is 5. The summed E-state index contributed by atoms with van der Waals surface area (Å²) in [7, 11) is 1.93. The molecule has 1 heterocycles. The molecule has 2 rings (SSSR count). The van der Waals surface area contributed by atoms with Gasteiger partial charge < -0.3 is 15.0 Å². The van der Waals surface area contributed by atoms with Gasteiger partial charge in [-0.2, -0.15) is 0 Å². The SMILES string of the molecule is CC1CCC(CN(C)C(=O)NC[C@@H]2CCO[C@H]2C(C)C)CC1. The van der Waals surface area contributed by atoms with E-state index >= 15 is 0 Å². The molecule has 0 aromatic heterocycles. The van der Waals surface area contributed by atoms with Crippen LogP contribution < -0.4 is 5.32 Å². The summed E-state index contributed by atoms with van der Waals surface area (Å²) < 4.78 is 5.79. The van der Waals surface area contributed by atoms with Crippen molar-refractivity contribution in [2.24, 2.45) is 23.7 Å². The van der Waals surface area contributed by atoms with E-state index in [4.69, 9.17) is 4.74 Å². The van der Waals surface area contributed by atoms with Gasteiger partial charge in [0.15, 0.2) is 0 Å². The monoisotopic (exact) mass is 310 g/mol. The molecular weight excluding hydrogens is 276 g/mol. The average molecular weight is 310 g/mol. The molecule has 1 N–H and O–H groups in total. The van der Waals surface area contributed by atoms with Gasteiger partial charge in [0.1, 0.15) is 0 Å². The molecule has 2 aliphatic rings. The Hall–Kier alpha value is -0.770. The number of amides is 2. The van der Waals surface area contributed by atoms with Gasteiger partial charge in [0, 0.05) is 32.7 Å². The van der Waals surface area contributed by atoms with Crippen molar-refractivity contribution in [3.63, 3.8) is 0 Å². The summed E-state index contributed by atoms with van der Waals surface area (Å²) in [6.45, 7) is 9.20. The van der Waals surface area contributed by atoms with Gasteiger partial charge in [-0.15, -0.1) is 0 Å². The van der Waals surface area contributed by atoms with Crippen LogP contribution in [0.2, 0.25) is 0 Å². The lowest BCUT2D eigenvalue weighted by molar-refractivity contribution is 0.0542. The van der Waals surface area contributed by atoms with Gasteiger partial charge in [0.05, 0.1) is 6.10 Å². The number of hydrogen-bond donors (Lipinski definition) is 1. The zero-order valence-corrected chi connectivity index (χ0v) is 14.8. The lowest BCUT2D eigenvalue weighted by Crippen LogP contribution is -2.43. The van der Waals surface area contributed by atoms with Crippen molar-refractivity contribution in [2.75, 3.05) is 26.7 Å². The molecule has 0 radical (unpaired) electrons. The summed E-state index contributed by atoms with van der Waals surface area (Å²) in [6, 6.07) is 0.0769. The molecule has 0 spiro atoms. The normalized spacial score (nSPS) is 32.2. The molecule has 1 aliphatic heterocycles. The van der Waals surface area contributed by atoms with Gasteiger partial charge in [0.25, 0.3) is 0 Å². The lowest BCUT2D eigenvalue weighted by Gasteiger charge is -2.30. The molecule has 2 fully saturated rings. The first kappa shape index (κ1) is 17.6. The zero-order chi connectivity index (χ0) is 16.1. The van der Waals surface area contributed by atoms with Gasteiger partial charge in [-0.05, 0) is 37.0 Å². The minimum Gasteiger partial charge on any atom is -0.378 e. The van der Waals surface area contributed by atoms with Crippen molar-refractivity contribution >= 4 is 6.03 Å². The van der Waals surface area contributed by atoms with Crippen molar-refractivity contribution in [2.45, 2.75) is 59.0 Å². The molecule has 0 aromatic rings. The fraction of sp³-hybridized carbons (Fsp3) is 0.944. The second-order valence-corrected chi connectivity index (χ2v) is 7.82. The number of nitrogens with zero attached hydrogens (tertiary/aromatic N) is 1. The maximum Gasteiger partial charge on any atom is 0.317 e. The Morgan fingerprint density at radius 2 is 1.91 bits per heavy atom. The van der Waals surface area contributed by atoms with E-state index in [1.807, 2.05) is 11.9 Å². The Morgan fingerprint density at radius 3 is 2.55 bits per heavy atom. The topological polar surface area (TPSA) is 41.6 Å². The third kappa shape index (κ3) is 4.87. The molecule has 1 saturated carbocycles. The Labute approximate surface area is 136 Å². The maximum atomic E-state index is 12.3. The summed E-state index contributed by atoms with van der Waals surface area (Å²) >= 11 is 0. The zero-order valence-electron chi connectivity index (χ0n) is 14.8. The molecule has 2 atom stereocenters. The van der Waals surface area contributed by atoms with Gasteiger partial charge in [-0.25, -0.2) is 4.79 Å². The Kier molecular flexibility index (Phi) is 6.54. The molecule has 128 valence electrons. The number of hydrogen-bond acceptors (Lipinski definition) is 2. The van der Waals surface area contributed by atoms with Crippen molar-refractivity contribution in [1.29, 1.82) is 0 Å². The predicted octanol–water partition coefficient (Wildman–Crippen LogP) is 3.52. The maximum absolute atomic E-state index is 12.3. The highest BCUT2D eigenvalue weighted by Gasteiger charge is 2.31. The smallest absolute Gasteiger partial charge is 0.317 e. The highest BCUT2D eigenvalue weighted by Crippen LogP contribution is 2.29. The third-order valence-electron chi connectivity index (χ3n) is 5.45. The van der Waals surface area contributed by atoms with E-state index in [0.29, 0.717) is 23.9 Å². The molecule has 1 aliphatic carbocycles. The first-order chi connectivity index (χ1) is 10.5. The second-order valence-electron chi connectivity index (χ2n) is 7.82. The number of urea groups is 1. The first-order valence-electron chi connectivity index (χ1n) is 9.08. The van der Waals surface area contributed by atoms with Crippen LogP contribution in [-0.2, 0) is 4.74 Å². The third-order valence-corrected chi connectivity index (χ3v) is 5.45. The van der Waals surface area contributed by atoms with E-state index in [-0.39, 0.29) is 6.03 Å². The number of carbonyl (C=O) groups excluding carboxylic acids is 1. The van der Waals surface area contributed by atoms with Crippen LogP contribution in [-0.4, -0.2) is 43.8 Å². The van der Waals surface area contributed by atoms with E-state index < -0.39 is 0 Å². The van der Waals surface area contributed by atoms with Crippen LogP contribution in [0.15, 0.2) is 0 Å². The molecule has 2 amide bonds. The quantitative estimate of drug-likeness (QED) is 0.844. The van der Waals surface area contributed by atoms with Gasteiger partial charge >= 0.3 is 6.03 Å². The summed E-state index contributed by atoms with van der Waals surface area (Å²) in [5, 5.41) is 3.11.